The number of carbonyl (C=O) groups is 1. The van der Waals surface area contributed by atoms with E-state index in [1.165, 1.54) is 11.1 Å². The lowest BCUT2D eigenvalue weighted by molar-refractivity contribution is -0.180. The fourth-order valence-corrected chi connectivity index (χ4v) is 7.68. The number of hydrogen-bond acceptors (Lipinski definition) is 6. The van der Waals surface area contributed by atoms with Crippen molar-refractivity contribution in [2.75, 3.05) is 26.3 Å². The monoisotopic (exact) mass is 487 g/mol. The molecule has 7 rings (SSSR count). The molecule has 2 saturated heterocycles. The summed E-state index contributed by atoms with van der Waals surface area (Å²) in [5.74, 6) is 0.565. The Morgan fingerprint density at radius 3 is 2.89 bits per heavy atom. The third-order valence-electron chi connectivity index (χ3n) is 9.20. The second-order valence-corrected chi connectivity index (χ2v) is 11.0. The van der Waals surface area contributed by atoms with Crippen molar-refractivity contribution in [2.45, 2.75) is 67.8 Å². The van der Waals surface area contributed by atoms with E-state index in [9.17, 15) is 9.90 Å². The van der Waals surface area contributed by atoms with Crippen molar-refractivity contribution in [2.24, 2.45) is 0 Å². The second kappa shape index (κ2) is 8.44. The van der Waals surface area contributed by atoms with Crippen molar-refractivity contribution in [3.05, 3.63) is 71.3 Å². The lowest BCUT2D eigenvalue weighted by Crippen LogP contribution is -2.76. The van der Waals surface area contributed by atoms with E-state index >= 15 is 0 Å². The van der Waals surface area contributed by atoms with Crippen LogP contribution in [0.25, 0.3) is 0 Å². The molecule has 5 aliphatic rings. The summed E-state index contributed by atoms with van der Waals surface area (Å²) < 4.78 is 19.4. The van der Waals surface area contributed by atoms with Crippen LogP contribution in [0.4, 0.5) is 0 Å². The minimum absolute atomic E-state index is 0.0340. The molecule has 2 aromatic rings. The van der Waals surface area contributed by atoms with Crippen LogP contribution in [0.5, 0.6) is 11.5 Å². The zero-order valence-electron chi connectivity index (χ0n) is 20.5. The minimum atomic E-state index is -0.689. The third-order valence-corrected chi connectivity index (χ3v) is 9.20. The molecular weight excluding hydrogens is 454 g/mol. The lowest BCUT2D eigenvalue weighted by Gasteiger charge is -2.62. The van der Waals surface area contributed by atoms with Gasteiger partial charge < -0.3 is 19.3 Å². The van der Waals surface area contributed by atoms with Crippen LogP contribution in [0.15, 0.2) is 54.6 Å². The normalized spacial score (nSPS) is 34.0. The first-order chi connectivity index (χ1) is 17.6. The molecule has 2 aliphatic carbocycles. The number of aromatic hydroxyl groups is 1. The van der Waals surface area contributed by atoms with Gasteiger partial charge in [0, 0.05) is 31.4 Å². The van der Waals surface area contributed by atoms with Gasteiger partial charge in [0.1, 0.15) is 5.60 Å². The van der Waals surface area contributed by atoms with Gasteiger partial charge in [-0.1, -0.05) is 36.4 Å². The zero-order valence-corrected chi connectivity index (χ0v) is 20.5. The van der Waals surface area contributed by atoms with Crippen LogP contribution in [0, 0.1) is 0 Å². The third kappa shape index (κ3) is 3.11. The lowest BCUT2D eigenvalue weighted by atomic mass is 9.50. The van der Waals surface area contributed by atoms with E-state index in [1.54, 1.807) is 12.1 Å². The molecule has 2 aromatic carbocycles. The van der Waals surface area contributed by atoms with Crippen LogP contribution in [0.2, 0.25) is 0 Å². The van der Waals surface area contributed by atoms with E-state index in [0.29, 0.717) is 12.4 Å². The van der Waals surface area contributed by atoms with Gasteiger partial charge in [-0.05, 0) is 74.4 Å². The molecule has 3 heterocycles. The molecule has 2 fully saturated rings. The Morgan fingerprint density at radius 2 is 2.06 bits per heavy atom. The van der Waals surface area contributed by atoms with Gasteiger partial charge in [-0.2, -0.15) is 0 Å². The summed E-state index contributed by atoms with van der Waals surface area (Å²) in [6.07, 6.45) is 8.90. The van der Waals surface area contributed by atoms with E-state index in [1.807, 2.05) is 18.2 Å². The number of ketones is 1. The summed E-state index contributed by atoms with van der Waals surface area (Å²) in [4.78, 5) is 15.8. The topological polar surface area (TPSA) is 68.2 Å². The summed E-state index contributed by atoms with van der Waals surface area (Å²) in [6, 6.07) is 14.3. The van der Waals surface area contributed by atoms with Gasteiger partial charge in [0.2, 0.25) is 0 Å². The zero-order chi connectivity index (χ0) is 24.3. The number of phenols is 1. The molecule has 2 bridgehead atoms. The van der Waals surface area contributed by atoms with Gasteiger partial charge in [0.25, 0.3) is 0 Å². The smallest absolute Gasteiger partial charge is 0.196 e. The molecule has 0 amide bonds. The quantitative estimate of drug-likeness (QED) is 0.601. The maximum Gasteiger partial charge on any atom is 0.196 e. The highest BCUT2D eigenvalue weighted by atomic mass is 16.5. The van der Waals surface area contributed by atoms with Crippen molar-refractivity contribution in [3.8, 4) is 11.5 Å². The van der Waals surface area contributed by atoms with Crippen LogP contribution >= 0.6 is 0 Å². The maximum atomic E-state index is 13.3. The molecular formula is C30H33NO5. The van der Waals surface area contributed by atoms with Crippen LogP contribution in [-0.4, -0.2) is 65.9 Å². The molecule has 0 radical (unpaired) electrons. The molecule has 3 aliphatic heterocycles. The van der Waals surface area contributed by atoms with Gasteiger partial charge in [0.05, 0.1) is 11.5 Å². The van der Waals surface area contributed by atoms with E-state index in [2.05, 4.69) is 29.2 Å². The summed E-state index contributed by atoms with van der Waals surface area (Å²) in [5, 5.41) is 10.7. The average Bonchev–Trinajstić information content (AvgIpc) is 3.53. The number of hydrogen-bond donors (Lipinski definition) is 1. The number of ether oxygens (including phenoxy) is 3. The number of phenolic OH excluding ortho intramolecular Hbond substituents is 1. The fraction of sp³-hybridized carbons (Fsp3) is 0.500. The number of likely N-dealkylation sites (tertiary alicyclic amines) is 1. The summed E-state index contributed by atoms with van der Waals surface area (Å²) in [5.41, 5.74) is 2.16. The highest BCUT2D eigenvalue weighted by molar-refractivity contribution is 5.99. The van der Waals surface area contributed by atoms with E-state index in [4.69, 9.17) is 14.2 Å². The molecule has 0 saturated carbocycles. The van der Waals surface area contributed by atoms with E-state index < -0.39 is 17.1 Å². The minimum Gasteiger partial charge on any atom is -0.504 e. The Morgan fingerprint density at radius 1 is 1.17 bits per heavy atom. The molecule has 1 N–H and O–H groups in total. The Labute approximate surface area is 211 Å². The van der Waals surface area contributed by atoms with Crippen LogP contribution in [0.3, 0.4) is 0 Å². The Balaban J connectivity index is 1.28. The molecule has 1 spiro atoms. The molecule has 6 nitrogen and oxygen atoms in total. The Bertz CT molecular complexity index is 1210. The standard InChI is InChI=1S/C30H33NO5/c32-23-11-10-21-18-25-30(35-17-4-8-20-6-2-1-3-7-20)13-12-24(33)28-29(30,26(21)27(23)36-28)14-15-31(25)19-22-9-5-16-34-22/h1-3,6-7,10-13,22,25,28,32H,4-5,8-9,14-19H2/t22?,25-,28+,29+,30-/m1/s1. The maximum absolute atomic E-state index is 13.3. The van der Waals surface area contributed by atoms with Gasteiger partial charge >= 0.3 is 0 Å². The molecule has 36 heavy (non-hydrogen) atoms. The number of nitrogens with zero attached hydrogens (tertiary/aromatic N) is 1. The van der Waals surface area contributed by atoms with Crippen molar-refractivity contribution < 1.29 is 24.1 Å². The first-order valence-electron chi connectivity index (χ1n) is 13.4. The van der Waals surface area contributed by atoms with Crippen LogP contribution in [-0.2, 0) is 32.5 Å². The number of aryl methyl sites for hydroxylation is 1. The number of rotatable bonds is 7. The largest absolute Gasteiger partial charge is 0.504 e. The summed E-state index contributed by atoms with van der Waals surface area (Å²) >= 11 is 0. The fourth-order valence-electron chi connectivity index (χ4n) is 7.68. The van der Waals surface area contributed by atoms with E-state index in [-0.39, 0.29) is 23.7 Å². The highest BCUT2D eigenvalue weighted by Gasteiger charge is 2.73. The van der Waals surface area contributed by atoms with Crippen molar-refractivity contribution in [1.82, 2.24) is 4.90 Å². The molecule has 0 aromatic heterocycles. The van der Waals surface area contributed by atoms with Gasteiger partial charge in [-0.25, -0.2) is 0 Å². The number of carbonyl (C=O) groups excluding carboxylic acids is 1. The summed E-state index contributed by atoms with van der Waals surface area (Å²) in [7, 11) is 0. The number of piperidine rings is 1. The predicted octanol–water partition coefficient (Wildman–Crippen LogP) is 3.73. The van der Waals surface area contributed by atoms with E-state index in [0.717, 1.165) is 63.8 Å². The SMILES string of the molecule is O=C1C=C[C@@]2(OCCCc3ccccc3)[C@H]3Cc4ccc(O)c5c4[C@@]2(CCN3CC2CCCO2)[C@H]1O5. The van der Waals surface area contributed by atoms with Crippen LogP contribution in [0.1, 0.15) is 42.4 Å². The average molecular weight is 488 g/mol. The highest BCUT2D eigenvalue weighted by Crippen LogP contribution is 2.64. The predicted molar refractivity (Wildman–Crippen MR) is 134 cm³/mol. The van der Waals surface area contributed by atoms with Gasteiger partial charge in [0.15, 0.2) is 23.4 Å². The van der Waals surface area contributed by atoms with Crippen molar-refractivity contribution in [3.63, 3.8) is 0 Å². The molecule has 6 heteroatoms. The second-order valence-electron chi connectivity index (χ2n) is 11.0. The molecule has 1 unspecified atom stereocenters. The number of benzene rings is 2. The molecule has 5 atom stereocenters. The van der Waals surface area contributed by atoms with Crippen molar-refractivity contribution in [1.29, 1.82) is 0 Å². The molecule has 188 valence electrons. The summed E-state index contributed by atoms with van der Waals surface area (Å²) in [6.45, 7) is 3.16. The first-order valence-corrected chi connectivity index (χ1v) is 13.4. The van der Waals surface area contributed by atoms with Crippen LogP contribution < -0.4 is 4.74 Å². The van der Waals surface area contributed by atoms with Gasteiger partial charge in [-0.15, -0.1) is 0 Å². The Hall–Kier alpha value is -2.67. The Kier molecular flexibility index (Phi) is 5.28. The first kappa shape index (κ1) is 22.5. The van der Waals surface area contributed by atoms with Gasteiger partial charge in [-0.3, -0.25) is 9.69 Å². The van der Waals surface area contributed by atoms with Crippen molar-refractivity contribution >= 4 is 5.78 Å².